The Morgan fingerprint density at radius 1 is 1.22 bits per heavy atom. The number of halogens is 1. The highest BCUT2D eigenvalue weighted by Crippen LogP contribution is 2.43. The smallest absolute Gasteiger partial charge is 0.136 e. The first-order chi connectivity index (χ1) is 8.51. The van der Waals surface area contributed by atoms with Crippen LogP contribution in [-0.4, -0.2) is 32.2 Å². The maximum Gasteiger partial charge on any atom is 0.136 e. The number of hydrogen-bond acceptors (Lipinski definition) is 3. The molecule has 0 unspecified atom stereocenters. The summed E-state index contributed by atoms with van der Waals surface area (Å²) in [7, 11) is 5.62. The van der Waals surface area contributed by atoms with E-state index in [0.717, 1.165) is 17.9 Å². The van der Waals surface area contributed by atoms with Crippen molar-refractivity contribution >= 4 is 22.6 Å². The van der Waals surface area contributed by atoms with E-state index in [-0.39, 0.29) is 0 Å². The van der Waals surface area contributed by atoms with E-state index in [2.05, 4.69) is 48.4 Å². The summed E-state index contributed by atoms with van der Waals surface area (Å²) in [6, 6.07) is 2.91. The molecule has 1 heterocycles. The van der Waals surface area contributed by atoms with Crippen molar-refractivity contribution < 1.29 is 9.47 Å². The maximum atomic E-state index is 5.55. The van der Waals surface area contributed by atoms with Gasteiger partial charge in [0.1, 0.15) is 11.5 Å². The molecule has 1 aliphatic rings. The number of rotatable bonds is 2. The minimum absolute atomic E-state index is 0.373. The SMILES string of the molecule is COc1cc(OC)c2c(c1I)C[C@H](C)N(C)[C@@H]2C. The molecule has 0 spiro atoms. The topological polar surface area (TPSA) is 21.7 Å². The summed E-state index contributed by atoms with van der Waals surface area (Å²) in [5, 5.41) is 0. The molecule has 0 saturated heterocycles. The first kappa shape index (κ1) is 13.9. The second kappa shape index (κ2) is 5.25. The van der Waals surface area contributed by atoms with Gasteiger partial charge in [-0.2, -0.15) is 0 Å². The van der Waals surface area contributed by atoms with Crippen LogP contribution in [0, 0.1) is 3.57 Å². The monoisotopic (exact) mass is 361 g/mol. The molecule has 0 aromatic heterocycles. The number of nitrogens with zero attached hydrogens (tertiary/aromatic N) is 1. The van der Waals surface area contributed by atoms with Gasteiger partial charge in [0.15, 0.2) is 0 Å². The van der Waals surface area contributed by atoms with Gasteiger partial charge in [0, 0.05) is 23.7 Å². The highest BCUT2D eigenvalue weighted by molar-refractivity contribution is 14.1. The number of ether oxygens (including phenoxy) is 2. The van der Waals surface area contributed by atoms with Gasteiger partial charge in [-0.05, 0) is 55.5 Å². The molecule has 0 aliphatic carbocycles. The van der Waals surface area contributed by atoms with Crippen LogP contribution in [0.4, 0.5) is 0 Å². The lowest BCUT2D eigenvalue weighted by Crippen LogP contribution is -2.38. The molecule has 18 heavy (non-hydrogen) atoms. The van der Waals surface area contributed by atoms with Crippen LogP contribution in [0.5, 0.6) is 11.5 Å². The maximum absolute atomic E-state index is 5.55. The summed E-state index contributed by atoms with van der Waals surface area (Å²) in [6.07, 6.45) is 1.04. The van der Waals surface area contributed by atoms with Crippen LogP contribution in [0.1, 0.15) is 31.0 Å². The average Bonchev–Trinajstić information content (AvgIpc) is 2.37. The molecule has 0 amide bonds. The van der Waals surface area contributed by atoms with E-state index in [4.69, 9.17) is 9.47 Å². The van der Waals surface area contributed by atoms with Gasteiger partial charge in [0.05, 0.1) is 17.8 Å². The van der Waals surface area contributed by atoms with Crippen LogP contribution < -0.4 is 9.47 Å². The normalized spacial score (nSPS) is 23.7. The van der Waals surface area contributed by atoms with Crippen LogP contribution >= 0.6 is 22.6 Å². The minimum Gasteiger partial charge on any atom is -0.496 e. The zero-order chi connectivity index (χ0) is 13.4. The molecular formula is C14H20INO2. The predicted octanol–water partition coefficient (Wildman–Crippen LogP) is 3.25. The summed E-state index contributed by atoms with van der Waals surface area (Å²) in [6.45, 7) is 4.50. The van der Waals surface area contributed by atoms with Crippen LogP contribution in [0.3, 0.4) is 0 Å². The number of fused-ring (bicyclic) bond motifs is 1. The minimum atomic E-state index is 0.373. The van der Waals surface area contributed by atoms with Gasteiger partial charge < -0.3 is 9.47 Å². The average molecular weight is 361 g/mol. The van der Waals surface area contributed by atoms with Crippen molar-refractivity contribution in [1.82, 2.24) is 4.90 Å². The molecule has 100 valence electrons. The third-order valence-electron chi connectivity index (χ3n) is 4.00. The summed E-state index contributed by atoms with van der Waals surface area (Å²) < 4.78 is 12.2. The highest BCUT2D eigenvalue weighted by atomic mass is 127. The molecule has 3 nitrogen and oxygen atoms in total. The summed E-state index contributed by atoms with van der Waals surface area (Å²) >= 11 is 2.38. The van der Waals surface area contributed by atoms with Crippen LogP contribution in [0.2, 0.25) is 0 Å². The Hall–Kier alpha value is -0.490. The molecule has 2 atom stereocenters. The molecule has 1 aliphatic heterocycles. The Morgan fingerprint density at radius 2 is 1.83 bits per heavy atom. The quantitative estimate of drug-likeness (QED) is 0.755. The van der Waals surface area contributed by atoms with E-state index in [1.54, 1.807) is 14.2 Å². The zero-order valence-electron chi connectivity index (χ0n) is 11.6. The van der Waals surface area contributed by atoms with Crippen molar-refractivity contribution in [2.24, 2.45) is 0 Å². The molecule has 0 fully saturated rings. The molecular weight excluding hydrogens is 341 g/mol. The Bertz CT molecular complexity index is 462. The molecule has 2 rings (SSSR count). The Labute approximate surface area is 123 Å². The molecule has 1 aromatic carbocycles. The fourth-order valence-electron chi connectivity index (χ4n) is 2.68. The van der Waals surface area contributed by atoms with Gasteiger partial charge in [-0.15, -0.1) is 0 Å². The lowest BCUT2D eigenvalue weighted by atomic mass is 9.89. The van der Waals surface area contributed by atoms with Gasteiger partial charge in [-0.1, -0.05) is 0 Å². The third-order valence-corrected chi connectivity index (χ3v) is 5.18. The van der Waals surface area contributed by atoms with Crippen molar-refractivity contribution in [1.29, 1.82) is 0 Å². The van der Waals surface area contributed by atoms with E-state index in [1.807, 2.05) is 6.07 Å². The fourth-order valence-corrected chi connectivity index (χ4v) is 3.56. The zero-order valence-corrected chi connectivity index (χ0v) is 13.7. The molecule has 0 saturated carbocycles. The van der Waals surface area contributed by atoms with E-state index in [9.17, 15) is 0 Å². The van der Waals surface area contributed by atoms with Crippen molar-refractivity contribution in [3.8, 4) is 11.5 Å². The van der Waals surface area contributed by atoms with Gasteiger partial charge in [0.2, 0.25) is 0 Å². The van der Waals surface area contributed by atoms with Crippen LogP contribution in [0.15, 0.2) is 6.07 Å². The molecule has 0 radical (unpaired) electrons. The number of methoxy groups -OCH3 is 2. The van der Waals surface area contributed by atoms with Crippen molar-refractivity contribution in [3.63, 3.8) is 0 Å². The molecule has 0 bridgehead atoms. The van der Waals surface area contributed by atoms with Crippen molar-refractivity contribution in [3.05, 3.63) is 20.8 Å². The van der Waals surface area contributed by atoms with Crippen molar-refractivity contribution in [2.45, 2.75) is 32.4 Å². The molecule has 0 N–H and O–H groups in total. The van der Waals surface area contributed by atoms with E-state index < -0.39 is 0 Å². The number of likely N-dealkylation sites (N-methyl/N-ethyl adjacent to an activating group) is 1. The Balaban J connectivity index is 2.65. The molecule has 1 aromatic rings. The highest BCUT2D eigenvalue weighted by Gasteiger charge is 2.31. The van der Waals surface area contributed by atoms with Gasteiger partial charge in [0.25, 0.3) is 0 Å². The summed E-state index contributed by atoms with van der Waals surface area (Å²) in [5.41, 5.74) is 2.69. The van der Waals surface area contributed by atoms with Crippen LogP contribution in [0.25, 0.3) is 0 Å². The lowest BCUT2D eigenvalue weighted by molar-refractivity contribution is 0.174. The lowest BCUT2D eigenvalue weighted by Gasteiger charge is -2.39. The number of benzene rings is 1. The van der Waals surface area contributed by atoms with E-state index in [0.29, 0.717) is 12.1 Å². The second-order valence-corrected chi connectivity index (χ2v) is 5.96. The summed E-state index contributed by atoms with van der Waals surface area (Å²) in [4.78, 5) is 2.40. The Kier molecular flexibility index (Phi) is 4.06. The first-order valence-corrected chi connectivity index (χ1v) is 7.24. The van der Waals surface area contributed by atoms with Gasteiger partial charge in [-0.25, -0.2) is 0 Å². The third kappa shape index (κ3) is 2.09. The standard InChI is InChI=1S/C14H20INO2/c1-8-6-10-13(9(2)16(8)3)11(17-4)7-12(18-5)14(10)15/h7-9H,6H2,1-5H3/t8-,9+/m0/s1. The Morgan fingerprint density at radius 3 is 2.39 bits per heavy atom. The predicted molar refractivity (Wildman–Crippen MR) is 81.6 cm³/mol. The second-order valence-electron chi connectivity index (χ2n) is 4.88. The first-order valence-electron chi connectivity index (χ1n) is 6.16. The van der Waals surface area contributed by atoms with Crippen molar-refractivity contribution in [2.75, 3.05) is 21.3 Å². The van der Waals surface area contributed by atoms with Crippen LogP contribution in [-0.2, 0) is 6.42 Å². The van der Waals surface area contributed by atoms with E-state index >= 15 is 0 Å². The van der Waals surface area contributed by atoms with Gasteiger partial charge in [-0.3, -0.25) is 4.90 Å². The molecule has 4 heteroatoms. The largest absolute Gasteiger partial charge is 0.496 e. The number of hydrogen-bond donors (Lipinski definition) is 0. The van der Waals surface area contributed by atoms with Gasteiger partial charge >= 0.3 is 0 Å². The van der Waals surface area contributed by atoms with E-state index in [1.165, 1.54) is 14.7 Å². The fraction of sp³-hybridized carbons (Fsp3) is 0.571. The summed E-state index contributed by atoms with van der Waals surface area (Å²) in [5.74, 6) is 1.85.